The van der Waals surface area contributed by atoms with Gasteiger partial charge in [0.05, 0.1) is 0 Å². The molecule has 0 aliphatic heterocycles. The molecular weight excluding hydrogens is 230 g/mol. The lowest BCUT2D eigenvalue weighted by Gasteiger charge is -2.26. The lowest BCUT2D eigenvalue weighted by molar-refractivity contribution is -1.20. The van der Waals surface area contributed by atoms with Crippen molar-refractivity contribution >= 4 is 0 Å². The van der Waals surface area contributed by atoms with Gasteiger partial charge in [0, 0.05) is 6.42 Å². The van der Waals surface area contributed by atoms with Gasteiger partial charge in [-0.1, -0.05) is 26.0 Å². The maximum absolute atomic E-state index is 11.6. The third-order valence-electron chi connectivity index (χ3n) is 3.65. The van der Waals surface area contributed by atoms with E-state index in [9.17, 15) is 5.21 Å². The topological polar surface area (TPSA) is 46.0 Å². The molecule has 0 amide bonds. The van der Waals surface area contributed by atoms with Crippen molar-refractivity contribution in [2.24, 2.45) is 11.8 Å². The van der Waals surface area contributed by atoms with Gasteiger partial charge in [-0.2, -0.15) is 4.84 Å². The Balaban J connectivity index is 1.75. The van der Waals surface area contributed by atoms with Crippen LogP contribution in [0.25, 0.3) is 0 Å². The second-order valence-electron chi connectivity index (χ2n) is 5.50. The molecule has 0 radical (unpaired) electrons. The largest absolute Gasteiger partial charge is 0.556 e. The summed E-state index contributed by atoms with van der Waals surface area (Å²) in [5, 5.41) is 11.1. The summed E-state index contributed by atoms with van der Waals surface area (Å²) in [5.74, 6) is 2.05. The fourth-order valence-corrected chi connectivity index (χ4v) is 2.32. The normalized spacial score (nSPS) is 33.9. The van der Waals surface area contributed by atoms with Crippen molar-refractivity contribution in [3.8, 4) is 0 Å². The van der Waals surface area contributed by atoms with Crippen molar-refractivity contribution in [1.29, 1.82) is 0 Å². The molecule has 1 N–H and O–H groups in total. The van der Waals surface area contributed by atoms with Crippen LogP contribution in [0.1, 0.15) is 46.0 Å². The summed E-state index contributed by atoms with van der Waals surface area (Å²) in [5.41, 5.74) is 0. The highest BCUT2D eigenvalue weighted by Gasteiger charge is 2.19. The number of allylic oxidation sites excluding steroid dienone is 3. The van der Waals surface area contributed by atoms with E-state index in [0.717, 1.165) is 37.9 Å². The van der Waals surface area contributed by atoms with Crippen molar-refractivity contribution < 1.29 is 15.1 Å². The average Bonchev–Trinajstić information content (AvgIpc) is 2.35. The monoisotopic (exact) mass is 253 g/mol. The number of nitrogens with one attached hydrogen (secondary N) is 1. The van der Waals surface area contributed by atoms with Gasteiger partial charge in [0.1, 0.15) is 6.10 Å². The van der Waals surface area contributed by atoms with E-state index >= 15 is 0 Å². The van der Waals surface area contributed by atoms with E-state index < -0.39 is 5.39 Å². The summed E-state index contributed by atoms with van der Waals surface area (Å²) in [6.07, 6.45) is 10.8. The second kappa shape index (κ2) is 6.36. The van der Waals surface area contributed by atoms with Crippen molar-refractivity contribution in [1.82, 2.24) is 0 Å². The molecule has 0 fully saturated rings. The molecule has 4 unspecified atom stereocenters. The molecule has 18 heavy (non-hydrogen) atoms. The van der Waals surface area contributed by atoms with Gasteiger partial charge in [0.2, 0.25) is 0 Å². The van der Waals surface area contributed by atoms with Gasteiger partial charge in [-0.3, -0.25) is 4.84 Å². The number of hydrogen-bond donors (Lipinski definition) is 1. The molecule has 0 aromatic carbocycles. The van der Waals surface area contributed by atoms with Crippen molar-refractivity contribution in [3.63, 3.8) is 0 Å². The van der Waals surface area contributed by atoms with Gasteiger partial charge < -0.3 is 5.21 Å². The van der Waals surface area contributed by atoms with Gasteiger partial charge in [-0.05, 0) is 49.0 Å². The molecule has 4 nitrogen and oxygen atoms in total. The summed E-state index contributed by atoms with van der Waals surface area (Å²) in [7, 11) is 0. The van der Waals surface area contributed by atoms with Crippen LogP contribution >= 0.6 is 0 Å². The Morgan fingerprint density at radius 2 is 2.06 bits per heavy atom. The van der Waals surface area contributed by atoms with E-state index in [0.29, 0.717) is 11.8 Å². The average molecular weight is 253 g/mol. The van der Waals surface area contributed by atoms with Crippen LogP contribution < -0.4 is 5.39 Å². The van der Waals surface area contributed by atoms with Crippen LogP contribution in [0.15, 0.2) is 24.0 Å². The van der Waals surface area contributed by atoms with Crippen LogP contribution in [0.3, 0.4) is 0 Å². The smallest absolute Gasteiger partial charge is 0.168 e. The van der Waals surface area contributed by atoms with Crippen LogP contribution in [0.5, 0.6) is 0 Å². The first-order valence-electron chi connectivity index (χ1n) is 6.89. The minimum atomic E-state index is -0.556. The fourth-order valence-electron chi connectivity index (χ4n) is 2.32. The summed E-state index contributed by atoms with van der Waals surface area (Å²) >= 11 is 0. The van der Waals surface area contributed by atoms with Crippen LogP contribution in [0, 0.1) is 17.0 Å². The van der Waals surface area contributed by atoms with Crippen molar-refractivity contribution in [2.75, 3.05) is 0 Å². The summed E-state index contributed by atoms with van der Waals surface area (Å²) in [4.78, 5) is 10.5. The first-order chi connectivity index (χ1) is 8.63. The minimum Gasteiger partial charge on any atom is -0.556 e. The van der Waals surface area contributed by atoms with Crippen LogP contribution in [-0.4, -0.2) is 6.10 Å². The Hall–Kier alpha value is -0.840. The second-order valence-corrected chi connectivity index (χ2v) is 5.50. The predicted octanol–water partition coefficient (Wildman–Crippen LogP) is 2.29. The highest BCUT2D eigenvalue weighted by atomic mass is 17.1. The van der Waals surface area contributed by atoms with E-state index in [1.807, 2.05) is 12.2 Å². The Kier molecular flexibility index (Phi) is 4.80. The first-order valence-corrected chi connectivity index (χ1v) is 6.89. The maximum Gasteiger partial charge on any atom is 0.168 e. The van der Waals surface area contributed by atoms with Gasteiger partial charge in [-0.15, -0.1) is 0 Å². The number of quaternary nitrogens is 1. The molecule has 0 spiro atoms. The minimum absolute atomic E-state index is 0.114. The lowest BCUT2D eigenvalue weighted by Crippen LogP contribution is -3.05. The quantitative estimate of drug-likeness (QED) is 0.617. The molecule has 0 aromatic heterocycles. The molecule has 4 atom stereocenters. The summed E-state index contributed by atoms with van der Waals surface area (Å²) in [6, 6.07) is 0. The molecule has 4 heteroatoms. The van der Waals surface area contributed by atoms with Crippen LogP contribution in [0.4, 0.5) is 0 Å². The Morgan fingerprint density at radius 1 is 1.22 bits per heavy atom. The molecule has 0 heterocycles. The standard InChI is InChI=1S/C14H23NO3/c1-11-3-7-13(8-4-11)17-15(16)18-14-9-5-12(2)6-10-14/h3,7,9,11-13,15H,4-6,8,10H2,1-2H3. The Bertz CT molecular complexity index is 327. The zero-order valence-electron chi connectivity index (χ0n) is 11.2. The molecule has 0 bridgehead atoms. The van der Waals surface area contributed by atoms with E-state index in [2.05, 4.69) is 19.9 Å². The summed E-state index contributed by atoms with van der Waals surface area (Å²) in [6.45, 7) is 4.37. The first kappa shape index (κ1) is 13.6. The lowest BCUT2D eigenvalue weighted by atomic mass is 9.95. The highest BCUT2D eigenvalue weighted by Crippen LogP contribution is 2.22. The third kappa shape index (κ3) is 4.12. The molecule has 0 aromatic rings. The van der Waals surface area contributed by atoms with Crippen molar-refractivity contribution in [2.45, 2.75) is 52.1 Å². The molecule has 2 aliphatic carbocycles. The van der Waals surface area contributed by atoms with Crippen molar-refractivity contribution in [3.05, 3.63) is 29.2 Å². The van der Waals surface area contributed by atoms with Gasteiger partial charge in [0.15, 0.2) is 5.76 Å². The van der Waals surface area contributed by atoms with E-state index in [1.54, 1.807) is 0 Å². The zero-order valence-corrected chi connectivity index (χ0v) is 11.2. The Morgan fingerprint density at radius 3 is 2.67 bits per heavy atom. The van der Waals surface area contributed by atoms with Gasteiger partial charge in [-0.25, -0.2) is 0 Å². The molecule has 2 rings (SSSR count). The van der Waals surface area contributed by atoms with Crippen LogP contribution in [0.2, 0.25) is 0 Å². The van der Waals surface area contributed by atoms with E-state index in [-0.39, 0.29) is 6.10 Å². The number of hydrogen-bond acceptors (Lipinski definition) is 3. The SMILES string of the molecule is CC1C=CC(O[NH+]([O-])OC2=CCC(C)CC2)CC1. The highest BCUT2D eigenvalue weighted by molar-refractivity contribution is 4.98. The maximum atomic E-state index is 11.6. The van der Waals surface area contributed by atoms with Gasteiger partial charge in [0.25, 0.3) is 0 Å². The van der Waals surface area contributed by atoms with E-state index in [4.69, 9.17) is 9.68 Å². The van der Waals surface area contributed by atoms with Crippen LogP contribution in [-0.2, 0) is 9.68 Å². The van der Waals surface area contributed by atoms with E-state index in [1.165, 1.54) is 0 Å². The summed E-state index contributed by atoms with van der Waals surface area (Å²) < 4.78 is 0. The zero-order chi connectivity index (χ0) is 13.0. The molecule has 0 saturated heterocycles. The molecule has 102 valence electrons. The van der Waals surface area contributed by atoms with Gasteiger partial charge >= 0.3 is 0 Å². The predicted molar refractivity (Wildman–Crippen MR) is 68.9 cm³/mol. The Labute approximate surface area is 109 Å². The third-order valence-corrected chi connectivity index (χ3v) is 3.65. The molecule has 0 saturated carbocycles. The number of rotatable bonds is 4. The fraction of sp³-hybridized carbons (Fsp3) is 0.714. The molecule has 2 aliphatic rings. The molecular formula is C14H23NO3.